The van der Waals surface area contributed by atoms with Crippen LogP contribution in [0.2, 0.25) is 0 Å². The molecule has 2 aromatic carbocycles. The van der Waals surface area contributed by atoms with Crippen LogP contribution in [0, 0.1) is 5.82 Å². The SMILES string of the molecule is CCN(Cc1ccccc1)C(=O)CCc1nc(-c2ccccc2F)no1. The lowest BCUT2D eigenvalue weighted by Crippen LogP contribution is -2.30. The van der Waals surface area contributed by atoms with E-state index < -0.39 is 5.82 Å². The Labute approximate surface area is 151 Å². The van der Waals surface area contributed by atoms with Gasteiger partial charge in [-0.1, -0.05) is 47.6 Å². The van der Waals surface area contributed by atoms with Crippen molar-refractivity contribution < 1.29 is 13.7 Å². The van der Waals surface area contributed by atoms with Crippen molar-refractivity contribution in [3.05, 3.63) is 71.9 Å². The van der Waals surface area contributed by atoms with Crippen LogP contribution in [0.25, 0.3) is 11.4 Å². The highest BCUT2D eigenvalue weighted by atomic mass is 19.1. The smallest absolute Gasteiger partial charge is 0.227 e. The second kappa shape index (κ2) is 8.38. The molecule has 0 saturated carbocycles. The lowest BCUT2D eigenvalue weighted by molar-refractivity contribution is -0.131. The largest absolute Gasteiger partial charge is 0.339 e. The molecule has 0 unspecified atom stereocenters. The third kappa shape index (κ3) is 4.33. The van der Waals surface area contributed by atoms with E-state index in [1.807, 2.05) is 37.3 Å². The Hall–Kier alpha value is -3.02. The first kappa shape index (κ1) is 17.8. The van der Waals surface area contributed by atoms with E-state index in [9.17, 15) is 9.18 Å². The predicted octanol–water partition coefficient (Wildman–Crippen LogP) is 3.86. The van der Waals surface area contributed by atoms with Gasteiger partial charge in [0.25, 0.3) is 0 Å². The summed E-state index contributed by atoms with van der Waals surface area (Å²) < 4.78 is 18.9. The zero-order chi connectivity index (χ0) is 18.4. The molecule has 0 saturated heterocycles. The number of halogens is 1. The monoisotopic (exact) mass is 353 g/mol. The first-order valence-electron chi connectivity index (χ1n) is 8.56. The average molecular weight is 353 g/mol. The summed E-state index contributed by atoms with van der Waals surface area (Å²) in [6.45, 7) is 3.14. The molecule has 6 heteroatoms. The van der Waals surface area contributed by atoms with Gasteiger partial charge >= 0.3 is 0 Å². The van der Waals surface area contributed by atoms with E-state index in [-0.39, 0.29) is 23.7 Å². The van der Waals surface area contributed by atoms with Crippen LogP contribution in [0.4, 0.5) is 4.39 Å². The van der Waals surface area contributed by atoms with Crippen molar-refractivity contribution in [1.82, 2.24) is 15.0 Å². The standard InChI is InChI=1S/C20H20FN3O2/c1-2-24(14-15-8-4-3-5-9-15)19(25)13-12-18-22-20(23-26-18)16-10-6-7-11-17(16)21/h3-11H,2,12-14H2,1H3. The van der Waals surface area contributed by atoms with Gasteiger partial charge in [0, 0.05) is 25.9 Å². The van der Waals surface area contributed by atoms with Crippen molar-refractivity contribution in [3.63, 3.8) is 0 Å². The Bertz CT molecular complexity index is 864. The van der Waals surface area contributed by atoms with Crippen LogP contribution in [0.1, 0.15) is 24.8 Å². The van der Waals surface area contributed by atoms with E-state index in [0.29, 0.717) is 25.4 Å². The van der Waals surface area contributed by atoms with Gasteiger partial charge in [-0.2, -0.15) is 4.98 Å². The number of benzene rings is 2. The first-order chi connectivity index (χ1) is 12.7. The molecule has 0 atom stereocenters. The van der Waals surface area contributed by atoms with Crippen molar-refractivity contribution in [1.29, 1.82) is 0 Å². The average Bonchev–Trinajstić information content (AvgIpc) is 3.14. The van der Waals surface area contributed by atoms with Crippen LogP contribution < -0.4 is 0 Å². The van der Waals surface area contributed by atoms with E-state index in [1.165, 1.54) is 6.07 Å². The van der Waals surface area contributed by atoms with Gasteiger partial charge in [0.2, 0.25) is 17.6 Å². The highest BCUT2D eigenvalue weighted by molar-refractivity contribution is 5.76. The number of rotatable bonds is 7. The van der Waals surface area contributed by atoms with Gasteiger partial charge in [0.05, 0.1) is 5.56 Å². The molecule has 1 heterocycles. The van der Waals surface area contributed by atoms with E-state index in [4.69, 9.17) is 4.52 Å². The van der Waals surface area contributed by atoms with E-state index in [1.54, 1.807) is 23.1 Å². The van der Waals surface area contributed by atoms with E-state index in [2.05, 4.69) is 10.1 Å². The molecule has 0 radical (unpaired) electrons. The summed E-state index contributed by atoms with van der Waals surface area (Å²) in [5, 5.41) is 3.81. The second-order valence-corrected chi connectivity index (χ2v) is 5.89. The molecule has 0 aliphatic rings. The summed E-state index contributed by atoms with van der Waals surface area (Å²) in [5.41, 5.74) is 1.37. The zero-order valence-corrected chi connectivity index (χ0v) is 14.6. The second-order valence-electron chi connectivity index (χ2n) is 5.89. The minimum absolute atomic E-state index is 0.0157. The molecular weight excluding hydrogens is 333 g/mol. The van der Waals surface area contributed by atoms with Crippen LogP contribution in [0.3, 0.4) is 0 Å². The maximum absolute atomic E-state index is 13.8. The van der Waals surface area contributed by atoms with Gasteiger partial charge in [-0.25, -0.2) is 4.39 Å². The fourth-order valence-corrected chi connectivity index (χ4v) is 2.66. The summed E-state index contributed by atoms with van der Waals surface area (Å²) in [7, 11) is 0. The molecule has 0 bridgehead atoms. The Morgan fingerprint density at radius 3 is 2.58 bits per heavy atom. The first-order valence-corrected chi connectivity index (χ1v) is 8.56. The summed E-state index contributed by atoms with van der Waals surface area (Å²) in [6.07, 6.45) is 0.588. The minimum Gasteiger partial charge on any atom is -0.339 e. The number of aromatic nitrogens is 2. The molecule has 134 valence electrons. The number of aryl methyl sites for hydroxylation is 1. The van der Waals surface area contributed by atoms with E-state index >= 15 is 0 Å². The van der Waals surface area contributed by atoms with Gasteiger partial charge in [-0.05, 0) is 24.6 Å². The number of amides is 1. The van der Waals surface area contributed by atoms with Crippen molar-refractivity contribution in [2.75, 3.05) is 6.54 Å². The third-order valence-corrected chi connectivity index (χ3v) is 4.09. The Morgan fingerprint density at radius 1 is 1.12 bits per heavy atom. The molecular formula is C20H20FN3O2. The summed E-state index contributed by atoms with van der Waals surface area (Å²) in [6, 6.07) is 16.1. The van der Waals surface area contributed by atoms with Gasteiger partial charge in [0.15, 0.2) is 0 Å². The number of carbonyl (C=O) groups excluding carboxylic acids is 1. The van der Waals surface area contributed by atoms with Gasteiger partial charge < -0.3 is 9.42 Å². The maximum Gasteiger partial charge on any atom is 0.227 e. The van der Waals surface area contributed by atoms with Crippen LogP contribution in [0.5, 0.6) is 0 Å². The molecule has 0 spiro atoms. The summed E-state index contributed by atoms with van der Waals surface area (Å²) in [5.74, 6) is 0.132. The van der Waals surface area contributed by atoms with Crippen molar-refractivity contribution in [3.8, 4) is 11.4 Å². The maximum atomic E-state index is 13.8. The lowest BCUT2D eigenvalue weighted by Gasteiger charge is -2.20. The highest BCUT2D eigenvalue weighted by Crippen LogP contribution is 2.19. The van der Waals surface area contributed by atoms with Crippen LogP contribution >= 0.6 is 0 Å². The molecule has 0 aliphatic carbocycles. The number of carbonyl (C=O) groups is 1. The Balaban J connectivity index is 1.60. The molecule has 0 aliphatic heterocycles. The van der Waals surface area contributed by atoms with Crippen LogP contribution in [0.15, 0.2) is 59.1 Å². The Morgan fingerprint density at radius 2 is 1.85 bits per heavy atom. The normalized spacial score (nSPS) is 10.7. The molecule has 0 N–H and O–H groups in total. The number of hydrogen-bond acceptors (Lipinski definition) is 4. The van der Waals surface area contributed by atoms with Crippen LogP contribution in [-0.2, 0) is 17.8 Å². The molecule has 1 amide bonds. The molecule has 3 aromatic rings. The molecule has 3 rings (SSSR count). The van der Waals surface area contributed by atoms with Gasteiger partial charge in [-0.3, -0.25) is 4.79 Å². The number of nitrogens with zero attached hydrogens (tertiary/aromatic N) is 3. The molecule has 26 heavy (non-hydrogen) atoms. The predicted molar refractivity (Wildman–Crippen MR) is 95.5 cm³/mol. The topological polar surface area (TPSA) is 59.2 Å². The molecule has 0 fully saturated rings. The lowest BCUT2D eigenvalue weighted by atomic mass is 10.2. The summed E-state index contributed by atoms with van der Waals surface area (Å²) in [4.78, 5) is 18.4. The number of hydrogen-bond donors (Lipinski definition) is 0. The van der Waals surface area contributed by atoms with Crippen molar-refractivity contribution in [2.45, 2.75) is 26.3 Å². The minimum atomic E-state index is -0.407. The van der Waals surface area contributed by atoms with Crippen molar-refractivity contribution >= 4 is 5.91 Å². The van der Waals surface area contributed by atoms with Crippen molar-refractivity contribution in [2.24, 2.45) is 0 Å². The fourth-order valence-electron chi connectivity index (χ4n) is 2.66. The quantitative estimate of drug-likeness (QED) is 0.647. The highest BCUT2D eigenvalue weighted by Gasteiger charge is 2.16. The third-order valence-electron chi connectivity index (χ3n) is 4.09. The van der Waals surface area contributed by atoms with E-state index in [0.717, 1.165) is 5.56 Å². The summed E-state index contributed by atoms with van der Waals surface area (Å²) >= 11 is 0. The Kier molecular flexibility index (Phi) is 5.73. The molecule has 1 aromatic heterocycles. The zero-order valence-electron chi connectivity index (χ0n) is 14.6. The van der Waals surface area contributed by atoms with Gasteiger partial charge in [0.1, 0.15) is 5.82 Å². The van der Waals surface area contributed by atoms with Gasteiger partial charge in [-0.15, -0.1) is 0 Å². The fraction of sp³-hybridized carbons (Fsp3) is 0.250. The van der Waals surface area contributed by atoms with Crippen LogP contribution in [-0.4, -0.2) is 27.5 Å². The molecule has 5 nitrogen and oxygen atoms in total.